The number of carbonyl (C=O) groups is 1. The second kappa shape index (κ2) is 5.87. The zero-order chi connectivity index (χ0) is 14.8. The van der Waals surface area contributed by atoms with Gasteiger partial charge in [-0.15, -0.1) is 0 Å². The van der Waals surface area contributed by atoms with E-state index in [1.54, 1.807) is 4.90 Å². The number of aromatic nitrogens is 1. The van der Waals surface area contributed by atoms with Crippen molar-refractivity contribution in [2.45, 2.75) is 19.4 Å². The fraction of sp³-hybridized carbons (Fsp3) is 0.438. The van der Waals surface area contributed by atoms with Crippen molar-refractivity contribution in [1.29, 1.82) is 0 Å². The van der Waals surface area contributed by atoms with Crippen LogP contribution in [0.2, 0.25) is 0 Å². The Bertz CT molecular complexity index is 650. The molecular formula is C16H20N2O3. The predicted molar refractivity (Wildman–Crippen MR) is 80.1 cm³/mol. The average Bonchev–Trinajstić information content (AvgIpc) is 2.83. The van der Waals surface area contributed by atoms with Gasteiger partial charge in [0.15, 0.2) is 0 Å². The van der Waals surface area contributed by atoms with Crippen molar-refractivity contribution in [3.05, 3.63) is 35.5 Å². The van der Waals surface area contributed by atoms with Crippen LogP contribution in [-0.4, -0.2) is 53.3 Å². The van der Waals surface area contributed by atoms with E-state index in [2.05, 4.69) is 4.98 Å². The predicted octanol–water partition coefficient (Wildman–Crippen LogP) is 1.24. The Kier molecular flexibility index (Phi) is 3.94. The summed E-state index contributed by atoms with van der Waals surface area (Å²) in [6.45, 7) is 3.51. The van der Waals surface area contributed by atoms with Gasteiger partial charge in [-0.25, -0.2) is 0 Å². The molecule has 1 aliphatic rings. The smallest absolute Gasteiger partial charge is 0.227 e. The molecule has 2 heterocycles. The highest BCUT2D eigenvalue weighted by atomic mass is 16.5. The second-order valence-electron chi connectivity index (χ2n) is 5.47. The number of benzene rings is 1. The molecule has 1 saturated heterocycles. The molecule has 1 unspecified atom stereocenters. The quantitative estimate of drug-likeness (QED) is 0.893. The standard InChI is InChI=1S/C16H20N2O3/c1-11-14(13-4-2-3-5-15(13)17-11)8-16(20)18-6-7-21-12(9-18)10-19/h2-5,12,17,19H,6-10H2,1H3. The highest BCUT2D eigenvalue weighted by Gasteiger charge is 2.24. The molecule has 0 saturated carbocycles. The van der Waals surface area contributed by atoms with Gasteiger partial charge >= 0.3 is 0 Å². The van der Waals surface area contributed by atoms with Crippen LogP contribution in [0.4, 0.5) is 0 Å². The van der Waals surface area contributed by atoms with E-state index in [-0.39, 0.29) is 18.6 Å². The lowest BCUT2D eigenvalue weighted by atomic mass is 10.1. The van der Waals surface area contributed by atoms with Crippen LogP contribution in [0.5, 0.6) is 0 Å². The molecule has 0 spiro atoms. The summed E-state index contributed by atoms with van der Waals surface area (Å²) in [4.78, 5) is 17.6. The number of nitrogens with zero attached hydrogens (tertiary/aromatic N) is 1. The minimum atomic E-state index is -0.258. The molecule has 0 bridgehead atoms. The number of aliphatic hydroxyl groups is 1. The van der Waals surface area contributed by atoms with E-state index in [0.717, 1.165) is 22.2 Å². The van der Waals surface area contributed by atoms with E-state index < -0.39 is 0 Å². The maximum atomic E-state index is 12.5. The first-order valence-corrected chi connectivity index (χ1v) is 7.25. The number of carbonyl (C=O) groups excluding carboxylic acids is 1. The largest absolute Gasteiger partial charge is 0.394 e. The Hall–Kier alpha value is -1.85. The van der Waals surface area contributed by atoms with Gasteiger partial charge in [-0.05, 0) is 18.6 Å². The van der Waals surface area contributed by atoms with Gasteiger partial charge in [0.1, 0.15) is 0 Å². The number of aliphatic hydroxyl groups excluding tert-OH is 1. The molecule has 1 atom stereocenters. The molecule has 112 valence electrons. The molecule has 0 aliphatic carbocycles. The molecule has 1 fully saturated rings. The first-order valence-electron chi connectivity index (χ1n) is 7.25. The number of amides is 1. The van der Waals surface area contributed by atoms with Crippen molar-refractivity contribution in [1.82, 2.24) is 9.88 Å². The maximum absolute atomic E-state index is 12.5. The molecule has 1 aromatic heterocycles. The zero-order valence-corrected chi connectivity index (χ0v) is 12.1. The summed E-state index contributed by atoms with van der Waals surface area (Å²) in [6, 6.07) is 8.03. The number of nitrogens with one attached hydrogen (secondary N) is 1. The number of aryl methyl sites for hydroxylation is 1. The van der Waals surface area contributed by atoms with Crippen LogP contribution in [0, 0.1) is 6.92 Å². The first kappa shape index (κ1) is 14.1. The summed E-state index contributed by atoms with van der Waals surface area (Å²) in [5.41, 5.74) is 3.16. The third-order valence-electron chi connectivity index (χ3n) is 4.05. The van der Waals surface area contributed by atoms with Crippen LogP contribution in [0.1, 0.15) is 11.3 Å². The van der Waals surface area contributed by atoms with Gasteiger partial charge in [0.25, 0.3) is 0 Å². The number of fused-ring (bicyclic) bond motifs is 1. The Morgan fingerprint density at radius 2 is 2.29 bits per heavy atom. The topological polar surface area (TPSA) is 65.6 Å². The average molecular weight is 288 g/mol. The zero-order valence-electron chi connectivity index (χ0n) is 12.1. The normalized spacial score (nSPS) is 19.1. The summed E-state index contributed by atoms with van der Waals surface area (Å²) in [5, 5.41) is 10.3. The van der Waals surface area contributed by atoms with Gasteiger partial charge in [-0.3, -0.25) is 4.79 Å². The van der Waals surface area contributed by atoms with Crippen molar-refractivity contribution in [2.24, 2.45) is 0 Å². The highest BCUT2D eigenvalue weighted by molar-refractivity contribution is 5.90. The van der Waals surface area contributed by atoms with Crippen molar-refractivity contribution < 1.29 is 14.6 Å². The molecule has 1 aromatic carbocycles. The molecule has 2 N–H and O–H groups in total. The Labute approximate surface area is 123 Å². The highest BCUT2D eigenvalue weighted by Crippen LogP contribution is 2.23. The van der Waals surface area contributed by atoms with Crippen LogP contribution in [0.15, 0.2) is 24.3 Å². The molecule has 0 radical (unpaired) electrons. The molecule has 3 rings (SSSR count). The van der Waals surface area contributed by atoms with Gasteiger partial charge in [0, 0.05) is 29.7 Å². The Morgan fingerprint density at radius 3 is 3.10 bits per heavy atom. The summed E-state index contributed by atoms with van der Waals surface area (Å²) in [7, 11) is 0. The number of hydrogen-bond donors (Lipinski definition) is 2. The molecule has 1 amide bonds. The fourth-order valence-corrected chi connectivity index (χ4v) is 2.88. The SMILES string of the molecule is Cc1[nH]c2ccccc2c1CC(=O)N1CCOC(CO)C1. The van der Waals surface area contributed by atoms with Crippen LogP contribution >= 0.6 is 0 Å². The molecule has 1 aliphatic heterocycles. The Morgan fingerprint density at radius 1 is 1.48 bits per heavy atom. The first-order chi connectivity index (χ1) is 10.2. The molecular weight excluding hydrogens is 268 g/mol. The van der Waals surface area contributed by atoms with Gasteiger partial charge in [-0.2, -0.15) is 0 Å². The van der Waals surface area contributed by atoms with E-state index >= 15 is 0 Å². The van der Waals surface area contributed by atoms with E-state index in [1.165, 1.54) is 0 Å². The molecule has 2 aromatic rings. The van der Waals surface area contributed by atoms with Gasteiger partial charge in [0.05, 0.1) is 25.7 Å². The monoisotopic (exact) mass is 288 g/mol. The van der Waals surface area contributed by atoms with Crippen LogP contribution in [-0.2, 0) is 16.0 Å². The Balaban J connectivity index is 1.78. The lowest BCUT2D eigenvalue weighted by Crippen LogP contribution is -2.47. The van der Waals surface area contributed by atoms with Gasteiger partial charge in [0.2, 0.25) is 5.91 Å². The lowest BCUT2D eigenvalue weighted by molar-refractivity contribution is -0.139. The molecule has 21 heavy (non-hydrogen) atoms. The molecule has 5 nitrogen and oxygen atoms in total. The summed E-state index contributed by atoms with van der Waals surface area (Å²) in [5.74, 6) is 0.0876. The number of hydrogen-bond acceptors (Lipinski definition) is 3. The number of ether oxygens (including phenoxy) is 1. The molecule has 5 heteroatoms. The minimum absolute atomic E-state index is 0.0457. The van der Waals surface area contributed by atoms with E-state index in [9.17, 15) is 4.79 Å². The summed E-state index contributed by atoms with van der Waals surface area (Å²) < 4.78 is 5.39. The fourth-order valence-electron chi connectivity index (χ4n) is 2.88. The number of para-hydroxylation sites is 1. The third-order valence-corrected chi connectivity index (χ3v) is 4.05. The second-order valence-corrected chi connectivity index (χ2v) is 5.47. The van der Waals surface area contributed by atoms with Gasteiger partial charge < -0.3 is 19.7 Å². The number of H-pyrrole nitrogens is 1. The van der Waals surface area contributed by atoms with Crippen molar-refractivity contribution in [3.8, 4) is 0 Å². The van der Waals surface area contributed by atoms with E-state index in [4.69, 9.17) is 9.84 Å². The summed E-state index contributed by atoms with van der Waals surface area (Å²) in [6.07, 6.45) is 0.125. The maximum Gasteiger partial charge on any atom is 0.227 e. The van der Waals surface area contributed by atoms with Crippen molar-refractivity contribution in [2.75, 3.05) is 26.3 Å². The van der Waals surface area contributed by atoms with E-state index in [1.807, 2.05) is 31.2 Å². The van der Waals surface area contributed by atoms with E-state index in [0.29, 0.717) is 26.1 Å². The van der Waals surface area contributed by atoms with Crippen LogP contribution in [0.3, 0.4) is 0 Å². The van der Waals surface area contributed by atoms with Crippen molar-refractivity contribution in [3.63, 3.8) is 0 Å². The van der Waals surface area contributed by atoms with Crippen molar-refractivity contribution >= 4 is 16.8 Å². The van der Waals surface area contributed by atoms with Crippen LogP contribution < -0.4 is 0 Å². The summed E-state index contributed by atoms with van der Waals surface area (Å²) >= 11 is 0. The number of morpholine rings is 1. The minimum Gasteiger partial charge on any atom is -0.394 e. The lowest BCUT2D eigenvalue weighted by Gasteiger charge is -2.32. The van der Waals surface area contributed by atoms with Gasteiger partial charge in [-0.1, -0.05) is 18.2 Å². The van der Waals surface area contributed by atoms with Crippen LogP contribution in [0.25, 0.3) is 10.9 Å². The third kappa shape index (κ3) is 2.80. The number of aromatic amines is 1. The number of rotatable bonds is 3.